The van der Waals surface area contributed by atoms with Crippen LogP contribution in [0, 0.1) is 0 Å². The van der Waals surface area contributed by atoms with Crippen molar-refractivity contribution >= 4 is 6.16 Å². The number of halogens is 7. The largest absolute Gasteiger partial charge is 0.505 e. The minimum atomic E-state index is -6.42. The Kier molecular flexibility index (Phi) is 4.01. The number of hydrogen-bond donors (Lipinski definition) is 1. The highest BCUT2D eigenvalue weighted by Gasteiger charge is 2.72. The molecule has 0 bridgehead atoms. The maximum absolute atomic E-state index is 12.4. The highest BCUT2D eigenvalue weighted by molar-refractivity contribution is 5.56. The molecule has 0 fully saturated rings. The van der Waals surface area contributed by atoms with E-state index in [1.807, 2.05) is 0 Å². The van der Waals surface area contributed by atoms with Crippen LogP contribution >= 0.6 is 0 Å². The zero-order valence-corrected chi connectivity index (χ0v) is 7.32. The average Bonchev–Trinajstić information content (AvgIpc) is 2.00. The van der Waals surface area contributed by atoms with Crippen molar-refractivity contribution in [2.45, 2.75) is 24.4 Å². The summed E-state index contributed by atoms with van der Waals surface area (Å²) < 4.78 is 87.1. The number of ether oxygens (including phenoxy) is 1. The Hall–Kier alpha value is -1.22. The van der Waals surface area contributed by atoms with Gasteiger partial charge in [-0.25, -0.2) is 4.79 Å². The van der Waals surface area contributed by atoms with Gasteiger partial charge in [-0.2, -0.15) is 30.7 Å². The van der Waals surface area contributed by atoms with E-state index in [-0.39, 0.29) is 0 Å². The second-order valence-electron chi connectivity index (χ2n) is 2.64. The van der Waals surface area contributed by atoms with Crippen LogP contribution in [-0.4, -0.2) is 35.9 Å². The van der Waals surface area contributed by atoms with Gasteiger partial charge in [0.05, 0.1) is 6.42 Å². The Labute approximate surface area is 83.8 Å². The molecule has 0 aliphatic heterocycles. The van der Waals surface area contributed by atoms with Gasteiger partial charge < -0.3 is 9.84 Å². The van der Waals surface area contributed by atoms with Crippen LogP contribution in [0.15, 0.2) is 0 Å². The summed E-state index contributed by atoms with van der Waals surface area (Å²) in [6, 6.07) is 0. The molecule has 16 heavy (non-hydrogen) atoms. The van der Waals surface area contributed by atoms with E-state index in [0.29, 0.717) is 0 Å². The van der Waals surface area contributed by atoms with E-state index in [1.165, 1.54) is 0 Å². The van der Waals surface area contributed by atoms with Crippen molar-refractivity contribution in [3.8, 4) is 0 Å². The first-order valence-electron chi connectivity index (χ1n) is 3.60. The maximum Gasteiger partial charge on any atom is 0.505 e. The van der Waals surface area contributed by atoms with Gasteiger partial charge in [0.25, 0.3) is 0 Å². The molecule has 1 N–H and O–H groups in total. The summed E-state index contributed by atoms with van der Waals surface area (Å²) in [5, 5.41) is 7.80. The summed E-state index contributed by atoms with van der Waals surface area (Å²) in [4.78, 5) is 9.65. The molecule has 10 heteroatoms. The second-order valence-corrected chi connectivity index (χ2v) is 2.64. The molecule has 3 nitrogen and oxygen atoms in total. The first-order valence-corrected chi connectivity index (χ1v) is 3.60. The topological polar surface area (TPSA) is 46.5 Å². The fourth-order valence-corrected chi connectivity index (χ4v) is 0.631. The molecule has 0 unspecified atom stereocenters. The van der Waals surface area contributed by atoms with Gasteiger partial charge in [-0.1, -0.05) is 0 Å². The predicted octanol–water partition coefficient (Wildman–Crippen LogP) is 2.90. The van der Waals surface area contributed by atoms with E-state index in [2.05, 4.69) is 4.74 Å². The first-order chi connectivity index (χ1) is 6.92. The highest BCUT2D eigenvalue weighted by atomic mass is 19.4. The lowest BCUT2D eigenvalue weighted by atomic mass is 10.1. The summed E-state index contributed by atoms with van der Waals surface area (Å²) in [6.07, 6.45) is -10.5. The zero-order chi connectivity index (χ0) is 13.2. The van der Waals surface area contributed by atoms with E-state index >= 15 is 0 Å². The third kappa shape index (κ3) is 3.14. The van der Waals surface area contributed by atoms with E-state index < -0.39 is 37.2 Å². The molecule has 0 aromatic heterocycles. The molecule has 0 aromatic carbocycles. The third-order valence-corrected chi connectivity index (χ3v) is 1.46. The molecular weight excluding hydrogens is 253 g/mol. The molecule has 0 amide bonds. The molecule has 0 radical (unpaired) electrons. The molecule has 0 spiro atoms. The number of carboxylic acid groups (broad SMARTS) is 1. The van der Waals surface area contributed by atoms with Crippen LogP contribution in [0.2, 0.25) is 0 Å². The molecule has 0 aliphatic carbocycles. The van der Waals surface area contributed by atoms with Gasteiger partial charge in [-0.15, -0.1) is 0 Å². The minimum Gasteiger partial charge on any atom is -0.450 e. The van der Waals surface area contributed by atoms with Crippen LogP contribution in [0.1, 0.15) is 6.42 Å². The Bertz CT molecular complexity index is 259. The van der Waals surface area contributed by atoms with Crippen molar-refractivity contribution in [3.05, 3.63) is 0 Å². The molecule has 0 aromatic rings. The minimum absolute atomic E-state index is 1.46. The second kappa shape index (κ2) is 4.34. The van der Waals surface area contributed by atoms with Gasteiger partial charge >= 0.3 is 24.2 Å². The number of rotatable bonds is 4. The Morgan fingerprint density at radius 1 is 1.06 bits per heavy atom. The lowest BCUT2D eigenvalue weighted by molar-refractivity contribution is -0.356. The standard InChI is InChI=1S/C6H5F7O3/c7-4(8,1-2-16-3(14)15)5(9,10)6(11,12)13/h1-2H2,(H,14,15). The highest BCUT2D eigenvalue weighted by Crippen LogP contribution is 2.47. The molecule has 0 aliphatic rings. The Morgan fingerprint density at radius 2 is 1.50 bits per heavy atom. The van der Waals surface area contributed by atoms with Crippen LogP contribution in [-0.2, 0) is 4.74 Å². The monoisotopic (exact) mass is 258 g/mol. The summed E-state index contributed by atoms with van der Waals surface area (Å²) >= 11 is 0. The summed E-state index contributed by atoms with van der Waals surface area (Å²) in [5.41, 5.74) is 0. The van der Waals surface area contributed by atoms with Gasteiger partial charge in [0.1, 0.15) is 6.61 Å². The van der Waals surface area contributed by atoms with Crippen molar-refractivity contribution < 1.29 is 45.4 Å². The lowest BCUT2D eigenvalue weighted by Crippen LogP contribution is -2.52. The van der Waals surface area contributed by atoms with Crippen molar-refractivity contribution in [3.63, 3.8) is 0 Å². The van der Waals surface area contributed by atoms with Crippen LogP contribution in [0.25, 0.3) is 0 Å². The first kappa shape index (κ1) is 14.8. The van der Waals surface area contributed by atoms with Crippen LogP contribution in [0.4, 0.5) is 35.5 Å². The van der Waals surface area contributed by atoms with E-state index in [1.54, 1.807) is 0 Å². The third-order valence-electron chi connectivity index (χ3n) is 1.46. The normalized spacial score (nSPS) is 13.7. The fraction of sp³-hybridized carbons (Fsp3) is 0.833. The Morgan fingerprint density at radius 3 is 1.81 bits per heavy atom. The quantitative estimate of drug-likeness (QED) is 0.623. The smallest absolute Gasteiger partial charge is 0.450 e. The van der Waals surface area contributed by atoms with Gasteiger partial charge in [0, 0.05) is 0 Å². The molecular formula is C6H5F7O3. The molecule has 0 saturated heterocycles. The molecule has 0 saturated carbocycles. The van der Waals surface area contributed by atoms with E-state index in [0.717, 1.165) is 0 Å². The zero-order valence-electron chi connectivity index (χ0n) is 7.32. The molecule has 0 rings (SSSR count). The Balaban J connectivity index is 4.59. The number of carbonyl (C=O) groups is 1. The van der Waals surface area contributed by atoms with E-state index in [9.17, 15) is 35.5 Å². The summed E-state index contributed by atoms with van der Waals surface area (Å²) in [5.74, 6) is -11.7. The predicted molar refractivity (Wildman–Crippen MR) is 34.5 cm³/mol. The van der Waals surface area contributed by atoms with Gasteiger partial charge in [-0.05, 0) is 0 Å². The average molecular weight is 258 g/mol. The van der Waals surface area contributed by atoms with Crippen LogP contribution < -0.4 is 0 Å². The van der Waals surface area contributed by atoms with Crippen molar-refractivity contribution in [1.29, 1.82) is 0 Å². The summed E-state index contributed by atoms with van der Waals surface area (Å²) in [7, 11) is 0. The van der Waals surface area contributed by atoms with Crippen molar-refractivity contribution in [2.24, 2.45) is 0 Å². The van der Waals surface area contributed by atoms with Crippen molar-refractivity contribution in [1.82, 2.24) is 0 Å². The fourth-order valence-electron chi connectivity index (χ4n) is 0.631. The van der Waals surface area contributed by atoms with Gasteiger partial charge in [0.15, 0.2) is 0 Å². The number of alkyl halides is 7. The molecule has 0 heterocycles. The van der Waals surface area contributed by atoms with Gasteiger partial charge in [0.2, 0.25) is 0 Å². The lowest BCUT2D eigenvalue weighted by Gasteiger charge is -2.27. The molecule has 96 valence electrons. The summed E-state index contributed by atoms with van der Waals surface area (Å²) in [6.45, 7) is -1.46. The van der Waals surface area contributed by atoms with Crippen LogP contribution in [0.3, 0.4) is 0 Å². The van der Waals surface area contributed by atoms with Gasteiger partial charge in [-0.3, -0.25) is 0 Å². The van der Waals surface area contributed by atoms with Crippen LogP contribution in [0.5, 0.6) is 0 Å². The van der Waals surface area contributed by atoms with Crippen molar-refractivity contribution in [2.75, 3.05) is 6.61 Å². The van der Waals surface area contributed by atoms with E-state index in [4.69, 9.17) is 5.11 Å². The SMILES string of the molecule is O=C(O)OCCC(F)(F)C(F)(F)C(F)(F)F. The number of hydrogen-bond acceptors (Lipinski definition) is 2. The molecule has 0 atom stereocenters. The maximum atomic E-state index is 12.4.